The Kier molecular flexibility index (Phi) is 7.02. The number of aliphatic hydroxyl groups excluding tert-OH is 1. The van der Waals surface area contributed by atoms with E-state index in [-0.39, 0.29) is 19.0 Å². The van der Waals surface area contributed by atoms with Crippen LogP contribution in [0.3, 0.4) is 0 Å². The maximum atomic E-state index is 9.12. The van der Waals surface area contributed by atoms with Crippen LogP contribution in [0.4, 0.5) is 0 Å². The molecule has 1 atom stereocenters. The number of benzene rings is 2. The van der Waals surface area contributed by atoms with Crippen LogP contribution < -0.4 is 15.2 Å². The lowest BCUT2D eigenvalue weighted by molar-refractivity contribution is 0.265. The number of halogens is 1. The minimum Gasteiger partial charge on any atom is -0.493 e. The smallest absolute Gasteiger partial charge is 0.161 e. The lowest BCUT2D eigenvalue weighted by Gasteiger charge is -2.14. The third-order valence-corrected chi connectivity index (χ3v) is 3.05. The summed E-state index contributed by atoms with van der Waals surface area (Å²) in [6.07, 6.45) is 0. The van der Waals surface area contributed by atoms with Gasteiger partial charge < -0.3 is 20.3 Å². The van der Waals surface area contributed by atoms with Gasteiger partial charge in [0.25, 0.3) is 0 Å². The minimum absolute atomic E-state index is 0. The van der Waals surface area contributed by atoms with Gasteiger partial charge in [-0.15, -0.1) is 12.4 Å². The van der Waals surface area contributed by atoms with Gasteiger partial charge in [-0.3, -0.25) is 0 Å². The third-order valence-electron chi connectivity index (χ3n) is 3.05. The Balaban J connectivity index is 0.00000220. The average molecular weight is 310 g/mol. The molecule has 0 saturated heterocycles. The van der Waals surface area contributed by atoms with Crippen molar-refractivity contribution < 1.29 is 14.6 Å². The Morgan fingerprint density at radius 3 is 2.43 bits per heavy atom. The van der Waals surface area contributed by atoms with E-state index in [1.165, 1.54) is 0 Å². The highest BCUT2D eigenvalue weighted by molar-refractivity contribution is 5.85. The highest BCUT2D eigenvalue weighted by Gasteiger charge is 2.10. The number of aliphatic hydroxyl groups is 1. The molecule has 114 valence electrons. The quantitative estimate of drug-likeness (QED) is 0.861. The van der Waals surface area contributed by atoms with Crippen LogP contribution in [0, 0.1) is 0 Å². The average Bonchev–Trinajstić information content (AvgIpc) is 2.52. The largest absolute Gasteiger partial charge is 0.493 e. The van der Waals surface area contributed by atoms with Crippen LogP contribution in [-0.4, -0.2) is 18.8 Å². The summed E-state index contributed by atoms with van der Waals surface area (Å²) in [7, 11) is 1.59. The zero-order valence-electron chi connectivity index (χ0n) is 11.9. The predicted octanol–water partition coefficient (Wildman–Crippen LogP) is 2.69. The summed E-state index contributed by atoms with van der Waals surface area (Å²) in [5, 5.41) is 9.12. The Bertz CT molecular complexity index is 548. The molecule has 2 aromatic rings. The van der Waals surface area contributed by atoms with Crippen molar-refractivity contribution in [2.75, 3.05) is 13.7 Å². The Morgan fingerprint density at radius 2 is 1.81 bits per heavy atom. The minimum atomic E-state index is -0.417. The van der Waals surface area contributed by atoms with E-state index >= 15 is 0 Å². The van der Waals surface area contributed by atoms with E-state index in [4.69, 9.17) is 20.3 Å². The van der Waals surface area contributed by atoms with Crippen LogP contribution >= 0.6 is 12.4 Å². The Hall–Kier alpha value is -1.75. The van der Waals surface area contributed by atoms with E-state index in [1.54, 1.807) is 13.2 Å². The molecule has 0 fully saturated rings. The number of nitrogens with two attached hydrogens (primary N) is 1. The van der Waals surface area contributed by atoms with E-state index in [0.29, 0.717) is 18.1 Å². The molecule has 0 amide bonds. The van der Waals surface area contributed by atoms with Gasteiger partial charge in [0, 0.05) is 0 Å². The summed E-state index contributed by atoms with van der Waals surface area (Å²) in [6.45, 7) is 0.347. The fraction of sp³-hybridized carbons (Fsp3) is 0.250. The molecule has 4 nitrogen and oxygen atoms in total. The second kappa shape index (κ2) is 8.52. The molecule has 2 rings (SSSR count). The normalized spacial score (nSPS) is 11.4. The third kappa shape index (κ3) is 4.63. The van der Waals surface area contributed by atoms with Gasteiger partial charge in [0.15, 0.2) is 11.5 Å². The molecule has 5 heteroatoms. The molecule has 0 aromatic heterocycles. The molecule has 0 aliphatic carbocycles. The van der Waals surface area contributed by atoms with Gasteiger partial charge in [-0.05, 0) is 23.3 Å². The molecule has 2 aromatic carbocycles. The summed E-state index contributed by atoms with van der Waals surface area (Å²) in [4.78, 5) is 0. The molecular formula is C16H20ClNO3. The van der Waals surface area contributed by atoms with Gasteiger partial charge in [-0.2, -0.15) is 0 Å². The van der Waals surface area contributed by atoms with Crippen LogP contribution in [0.15, 0.2) is 48.5 Å². The summed E-state index contributed by atoms with van der Waals surface area (Å²) >= 11 is 0. The first-order chi connectivity index (χ1) is 9.74. The molecular weight excluding hydrogens is 290 g/mol. The van der Waals surface area contributed by atoms with Gasteiger partial charge in [-0.25, -0.2) is 0 Å². The first-order valence-electron chi connectivity index (χ1n) is 6.45. The van der Waals surface area contributed by atoms with Crippen LogP contribution in [0.2, 0.25) is 0 Å². The molecule has 0 aliphatic rings. The number of methoxy groups -OCH3 is 1. The highest BCUT2D eigenvalue weighted by atomic mass is 35.5. The van der Waals surface area contributed by atoms with Gasteiger partial charge in [0.1, 0.15) is 6.61 Å². The molecule has 0 bridgehead atoms. The lowest BCUT2D eigenvalue weighted by Crippen LogP contribution is -2.14. The van der Waals surface area contributed by atoms with Crippen molar-refractivity contribution in [3.63, 3.8) is 0 Å². The molecule has 21 heavy (non-hydrogen) atoms. The Labute approximate surface area is 130 Å². The van der Waals surface area contributed by atoms with Crippen molar-refractivity contribution >= 4 is 12.4 Å². The standard InChI is InChI=1S/C16H19NO3.ClH/c1-19-15-8-7-13(14(17)10-18)9-16(15)20-11-12-5-3-2-4-6-12;/h2-9,14,18H,10-11,17H2,1H3;1H/t14-;/m0./s1. The molecule has 0 heterocycles. The first kappa shape index (κ1) is 17.3. The summed E-state index contributed by atoms with van der Waals surface area (Å²) in [5.41, 5.74) is 7.71. The predicted molar refractivity (Wildman–Crippen MR) is 85.0 cm³/mol. The fourth-order valence-electron chi connectivity index (χ4n) is 1.88. The van der Waals surface area contributed by atoms with Crippen molar-refractivity contribution in [2.45, 2.75) is 12.6 Å². The number of hydrogen-bond acceptors (Lipinski definition) is 4. The van der Waals surface area contributed by atoms with E-state index in [1.807, 2.05) is 42.5 Å². The fourth-order valence-corrected chi connectivity index (χ4v) is 1.88. The van der Waals surface area contributed by atoms with Crippen molar-refractivity contribution in [1.82, 2.24) is 0 Å². The van der Waals surface area contributed by atoms with Crippen LogP contribution in [0.5, 0.6) is 11.5 Å². The second-order valence-corrected chi connectivity index (χ2v) is 4.47. The highest BCUT2D eigenvalue weighted by Crippen LogP contribution is 2.30. The molecule has 0 saturated carbocycles. The lowest BCUT2D eigenvalue weighted by atomic mass is 10.1. The zero-order chi connectivity index (χ0) is 14.4. The molecule has 3 N–H and O–H groups in total. The summed E-state index contributed by atoms with van der Waals surface area (Å²) in [6, 6.07) is 14.9. The zero-order valence-corrected chi connectivity index (χ0v) is 12.7. The Morgan fingerprint density at radius 1 is 1.10 bits per heavy atom. The molecule has 0 spiro atoms. The SMILES string of the molecule is COc1ccc([C@@H](N)CO)cc1OCc1ccccc1.Cl. The number of hydrogen-bond donors (Lipinski definition) is 2. The van der Waals surface area contributed by atoms with Crippen molar-refractivity contribution in [2.24, 2.45) is 5.73 Å². The van der Waals surface area contributed by atoms with Crippen LogP contribution in [0.25, 0.3) is 0 Å². The monoisotopic (exact) mass is 309 g/mol. The van der Waals surface area contributed by atoms with Gasteiger partial charge >= 0.3 is 0 Å². The van der Waals surface area contributed by atoms with Gasteiger partial charge in [0.05, 0.1) is 19.8 Å². The molecule has 0 aliphatic heterocycles. The van der Waals surface area contributed by atoms with E-state index < -0.39 is 6.04 Å². The molecule has 0 unspecified atom stereocenters. The van der Waals surface area contributed by atoms with Crippen molar-refractivity contribution in [3.05, 3.63) is 59.7 Å². The summed E-state index contributed by atoms with van der Waals surface area (Å²) < 4.78 is 11.1. The van der Waals surface area contributed by atoms with Crippen LogP contribution in [-0.2, 0) is 6.61 Å². The summed E-state index contributed by atoms with van der Waals surface area (Å²) in [5.74, 6) is 1.27. The molecule has 0 radical (unpaired) electrons. The second-order valence-electron chi connectivity index (χ2n) is 4.47. The van der Waals surface area contributed by atoms with Crippen molar-refractivity contribution in [1.29, 1.82) is 0 Å². The topological polar surface area (TPSA) is 64.7 Å². The maximum Gasteiger partial charge on any atom is 0.161 e. The van der Waals surface area contributed by atoms with Crippen molar-refractivity contribution in [3.8, 4) is 11.5 Å². The van der Waals surface area contributed by atoms with E-state index in [0.717, 1.165) is 11.1 Å². The van der Waals surface area contributed by atoms with Gasteiger partial charge in [0.2, 0.25) is 0 Å². The first-order valence-corrected chi connectivity index (χ1v) is 6.45. The van der Waals surface area contributed by atoms with Gasteiger partial charge in [-0.1, -0.05) is 36.4 Å². The van der Waals surface area contributed by atoms with E-state index in [2.05, 4.69) is 0 Å². The van der Waals surface area contributed by atoms with Crippen LogP contribution in [0.1, 0.15) is 17.2 Å². The van der Waals surface area contributed by atoms with E-state index in [9.17, 15) is 0 Å². The maximum absolute atomic E-state index is 9.12. The number of rotatable bonds is 6. The number of ether oxygens (including phenoxy) is 2.